The molecule has 1 aliphatic rings. The fourth-order valence-electron chi connectivity index (χ4n) is 2.05. The molecule has 0 saturated carbocycles. The second-order valence-electron chi connectivity index (χ2n) is 4.50. The smallest absolute Gasteiger partial charge is 0.242 e. The molecule has 106 valence electrons. The lowest BCUT2D eigenvalue weighted by atomic mass is 10.2. The van der Waals surface area contributed by atoms with Gasteiger partial charge in [0.25, 0.3) is 0 Å². The third-order valence-corrected chi connectivity index (χ3v) is 4.75. The molecule has 19 heavy (non-hydrogen) atoms. The van der Waals surface area contributed by atoms with Crippen LogP contribution in [-0.2, 0) is 14.8 Å². The van der Waals surface area contributed by atoms with Gasteiger partial charge in [-0.2, -0.15) is 0 Å². The van der Waals surface area contributed by atoms with E-state index in [9.17, 15) is 8.42 Å². The summed E-state index contributed by atoms with van der Waals surface area (Å²) < 4.78 is 37.5. The molecule has 3 N–H and O–H groups in total. The molecule has 0 aromatic heterocycles. The quantitative estimate of drug-likeness (QED) is 0.796. The summed E-state index contributed by atoms with van der Waals surface area (Å²) >= 11 is 0. The van der Waals surface area contributed by atoms with Crippen molar-refractivity contribution >= 4 is 15.7 Å². The van der Waals surface area contributed by atoms with E-state index in [0.717, 1.165) is 0 Å². The summed E-state index contributed by atoms with van der Waals surface area (Å²) in [5.74, 6) is 0.522. The van der Waals surface area contributed by atoms with Crippen molar-refractivity contribution in [1.29, 1.82) is 0 Å². The molecule has 1 aromatic carbocycles. The topological polar surface area (TPSA) is 90.7 Å². The van der Waals surface area contributed by atoms with Gasteiger partial charge in [0.1, 0.15) is 10.6 Å². The first kappa shape index (κ1) is 14.1. The summed E-state index contributed by atoms with van der Waals surface area (Å²) in [5, 5.41) is 0. The van der Waals surface area contributed by atoms with Gasteiger partial charge in [-0.1, -0.05) is 0 Å². The number of anilines is 1. The molecule has 1 fully saturated rings. The maximum atomic E-state index is 12.3. The Morgan fingerprint density at radius 1 is 1.47 bits per heavy atom. The van der Waals surface area contributed by atoms with Gasteiger partial charge in [-0.05, 0) is 25.5 Å². The summed E-state index contributed by atoms with van der Waals surface area (Å²) in [6.07, 6.45) is 0.533. The van der Waals surface area contributed by atoms with Crippen molar-refractivity contribution in [3.63, 3.8) is 0 Å². The van der Waals surface area contributed by atoms with Gasteiger partial charge in [-0.25, -0.2) is 13.1 Å². The normalized spacial score (nSPS) is 23.5. The highest BCUT2D eigenvalue weighted by Crippen LogP contribution is 2.25. The molecule has 0 amide bonds. The molecule has 0 radical (unpaired) electrons. The number of methoxy groups -OCH3 is 1. The second-order valence-corrected chi connectivity index (χ2v) is 6.18. The van der Waals surface area contributed by atoms with E-state index in [1.807, 2.05) is 6.92 Å². The average Bonchev–Trinajstić information content (AvgIpc) is 2.73. The Balaban J connectivity index is 2.24. The van der Waals surface area contributed by atoms with Crippen molar-refractivity contribution in [3.8, 4) is 5.75 Å². The van der Waals surface area contributed by atoms with Gasteiger partial charge in [-0.3, -0.25) is 0 Å². The lowest BCUT2D eigenvalue weighted by molar-refractivity contribution is 0.117. The van der Waals surface area contributed by atoms with E-state index in [1.54, 1.807) is 6.07 Å². The van der Waals surface area contributed by atoms with E-state index < -0.39 is 10.0 Å². The zero-order chi connectivity index (χ0) is 14.0. The van der Waals surface area contributed by atoms with Crippen LogP contribution in [0.3, 0.4) is 0 Å². The van der Waals surface area contributed by atoms with Gasteiger partial charge in [0, 0.05) is 12.7 Å². The van der Waals surface area contributed by atoms with Crippen LogP contribution >= 0.6 is 0 Å². The van der Waals surface area contributed by atoms with E-state index in [0.29, 0.717) is 18.8 Å². The maximum absolute atomic E-state index is 12.3. The molecule has 0 bridgehead atoms. The standard InChI is InChI=1S/C12H18N2O4S/c1-8-11(5-6-18-8)14-19(15,16)12-4-3-9(17-2)7-10(12)13/h3-4,7-8,11,14H,5-6,13H2,1-2H3. The molecule has 0 spiro atoms. The number of hydrogen-bond acceptors (Lipinski definition) is 5. The molecule has 7 heteroatoms. The first-order valence-electron chi connectivity index (χ1n) is 6.01. The molecule has 2 rings (SSSR count). The van der Waals surface area contributed by atoms with E-state index in [1.165, 1.54) is 19.2 Å². The predicted octanol–water partition coefficient (Wildman–Crippen LogP) is 0.733. The molecule has 1 aromatic rings. The number of ether oxygens (including phenoxy) is 2. The minimum absolute atomic E-state index is 0.0624. The monoisotopic (exact) mass is 286 g/mol. The Morgan fingerprint density at radius 2 is 2.21 bits per heavy atom. The lowest BCUT2D eigenvalue weighted by Gasteiger charge is -2.17. The van der Waals surface area contributed by atoms with E-state index in [4.69, 9.17) is 15.2 Å². The van der Waals surface area contributed by atoms with Crippen molar-refractivity contribution in [2.75, 3.05) is 19.5 Å². The van der Waals surface area contributed by atoms with E-state index >= 15 is 0 Å². The van der Waals surface area contributed by atoms with Crippen LogP contribution in [0.5, 0.6) is 5.75 Å². The van der Waals surface area contributed by atoms with Gasteiger partial charge in [0.2, 0.25) is 10.0 Å². The number of sulfonamides is 1. The van der Waals surface area contributed by atoms with Gasteiger partial charge < -0.3 is 15.2 Å². The van der Waals surface area contributed by atoms with Crippen LogP contribution < -0.4 is 15.2 Å². The van der Waals surface area contributed by atoms with Gasteiger partial charge in [-0.15, -0.1) is 0 Å². The number of nitrogens with one attached hydrogen (secondary N) is 1. The average molecular weight is 286 g/mol. The third-order valence-electron chi connectivity index (χ3n) is 3.19. The molecule has 2 unspecified atom stereocenters. The van der Waals surface area contributed by atoms with Gasteiger partial charge in [0.15, 0.2) is 0 Å². The number of nitrogens with two attached hydrogens (primary N) is 1. The van der Waals surface area contributed by atoms with Gasteiger partial charge in [0.05, 0.1) is 24.9 Å². The lowest BCUT2D eigenvalue weighted by Crippen LogP contribution is -2.39. The van der Waals surface area contributed by atoms with Crippen LogP contribution in [0.4, 0.5) is 5.69 Å². The third kappa shape index (κ3) is 2.99. The molecule has 1 heterocycles. The van der Waals surface area contributed by atoms with Crippen molar-refractivity contribution in [3.05, 3.63) is 18.2 Å². The van der Waals surface area contributed by atoms with Gasteiger partial charge >= 0.3 is 0 Å². The minimum atomic E-state index is -3.64. The van der Waals surface area contributed by atoms with Crippen LogP contribution in [0, 0.1) is 0 Å². The molecule has 0 aliphatic carbocycles. The zero-order valence-electron chi connectivity index (χ0n) is 10.9. The molecule has 1 saturated heterocycles. The summed E-state index contributed by atoms with van der Waals surface area (Å²) in [6, 6.07) is 4.28. The predicted molar refractivity (Wildman–Crippen MR) is 71.5 cm³/mol. The summed E-state index contributed by atoms with van der Waals surface area (Å²) in [7, 11) is -2.14. The Bertz CT molecular complexity index is 559. The van der Waals surface area contributed by atoms with E-state index in [2.05, 4.69) is 4.72 Å². The molecular formula is C12H18N2O4S. The molecular weight excluding hydrogens is 268 g/mol. The van der Waals surface area contributed by atoms with Crippen molar-refractivity contribution in [2.24, 2.45) is 0 Å². The van der Waals surface area contributed by atoms with Crippen LogP contribution in [0.25, 0.3) is 0 Å². The fourth-order valence-corrected chi connectivity index (χ4v) is 3.50. The molecule has 1 aliphatic heterocycles. The molecule has 2 atom stereocenters. The first-order valence-corrected chi connectivity index (χ1v) is 7.50. The number of hydrogen-bond donors (Lipinski definition) is 2. The number of benzene rings is 1. The first-order chi connectivity index (χ1) is 8.94. The van der Waals surface area contributed by atoms with Crippen molar-refractivity contribution < 1.29 is 17.9 Å². The van der Waals surface area contributed by atoms with Crippen LogP contribution in [-0.4, -0.2) is 34.3 Å². The summed E-state index contributed by atoms with van der Waals surface area (Å²) in [5.41, 5.74) is 5.93. The highest BCUT2D eigenvalue weighted by Gasteiger charge is 2.30. The fraction of sp³-hybridized carbons (Fsp3) is 0.500. The molecule has 6 nitrogen and oxygen atoms in total. The largest absolute Gasteiger partial charge is 0.497 e. The maximum Gasteiger partial charge on any atom is 0.242 e. The Hall–Kier alpha value is -1.31. The Morgan fingerprint density at radius 3 is 2.74 bits per heavy atom. The number of rotatable bonds is 4. The van der Waals surface area contributed by atoms with Crippen LogP contribution in [0.2, 0.25) is 0 Å². The van der Waals surface area contributed by atoms with Crippen LogP contribution in [0.1, 0.15) is 13.3 Å². The summed E-state index contributed by atoms with van der Waals surface area (Å²) in [4.78, 5) is 0.0624. The summed E-state index contributed by atoms with van der Waals surface area (Å²) in [6.45, 7) is 2.41. The van der Waals surface area contributed by atoms with Crippen molar-refractivity contribution in [2.45, 2.75) is 30.4 Å². The SMILES string of the molecule is COc1ccc(S(=O)(=O)NC2CCOC2C)c(N)c1. The van der Waals surface area contributed by atoms with E-state index in [-0.39, 0.29) is 22.7 Å². The van der Waals surface area contributed by atoms with Crippen molar-refractivity contribution in [1.82, 2.24) is 4.72 Å². The van der Waals surface area contributed by atoms with Crippen LogP contribution in [0.15, 0.2) is 23.1 Å². The highest BCUT2D eigenvalue weighted by molar-refractivity contribution is 7.89. The number of nitrogen functional groups attached to an aromatic ring is 1. The Kier molecular flexibility index (Phi) is 3.98. The Labute approximate surface area is 112 Å². The zero-order valence-corrected chi connectivity index (χ0v) is 11.7. The highest BCUT2D eigenvalue weighted by atomic mass is 32.2. The minimum Gasteiger partial charge on any atom is -0.497 e. The second kappa shape index (κ2) is 5.36.